The maximum Gasteiger partial charge on any atom is 0.264 e. The average Bonchev–Trinajstić information content (AvgIpc) is 2.48. The molecule has 1 aromatic heterocycles. The molecule has 21 heavy (non-hydrogen) atoms. The van der Waals surface area contributed by atoms with E-state index >= 15 is 0 Å². The highest BCUT2D eigenvalue weighted by molar-refractivity contribution is 14.1. The molecule has 0 bridgehead atoms. The second kappa shape index (κ2) is 7.72. The van der Waals surface area contributed by atoms with Crippen molar-refractivity contribution in [3.63, 3.8) is 0 Å². The van der Waals surface area contributed by atoms with Crippen LogP contribution in [-0.2, 0) is 4.74 Å². The Bertz CT molecular complexity index is 521. The fourth-order valence-electron chi connectivity index (χ4n) is 3.07. The van der Waals surface area contributed by atoms with Crippen molar-refractivity contribution >= 4 is 22.6 Å². The third-order valence-electron chi connectivity index (χ3n) is 4.15. The Morgan fingerprint density at radius 3 is 2.57 bits per heavy atom. The van der Waals surface area contributed by atoms with Gasteiger partial charge in [0, 0.05) is 6.61 Å². The molecule has 4 nitrogen and oxygen atoms in total. The SMILES string of the molecule is CCOC(c1nc(C(C)C)c(I)c(=O)[nH]1)C1CCCCC1. The normalized spacial score (nSPS) is 18.1. The lowest BCUT2D eigenvalue weighted by Gasteiger charge is -2.29. The molecule has 0 amide bonds. The van der Waals surface area contributed by atoms with Gasteiger partial charge in [-0.05, 0) is 54.2 Å². The zero-order valence-electron chi connectivity index (χ0n) is 13.1. The summed E-state index contributed by atoms with van der Waals surface area (Å²) in [5.74, 6) is 1.44. The van der Waals surface area contributed by atoms with Crippen molar-refractivity contribution < 1.29 is 4.74 Å². The molecule has 5 heteroatoms. The number of H-pyrrole nitrogens is 1. The van der Waals surface area contributed by atoms with Gasteiger partial charge in [0.25, 0.3) is 5.56 Å². The van der Waals surface area contributed by atoms with Gasteiger partial charge in [-0.15, -0.1) is 0 Å². The quantitative estimate of drug-likeness (QED) is 0.750. The summed E-state index contributed by atoms with van der Waals surface area (Å²) < 4.78 is 6.66. The molecule has 0 spiro atoms. The molecule has 0 radical (unpaired) electrons. The number of ether oxygens (including phenoxy) is 1. The highest BCUT2D eigenvalue weighted by Crippen LogP contribution is 2.35. The van der Waals surface area contributed by atoms with Gasteiger partial charge >= 0.3 is 0 Å². The molecule has 1 aromatic rings. The summed E-state index contributed by atoms with van der Waals surface area (Å²) in [5, 5.41) is 0. The Balaban J connectivity index is 2.37. The topological polar surface area (TPSA) is 55.0 Å². The van der Waals surface area contributed by atoms with E-state index in [2.05, 4.69) is 41.4 Å². The number of hydrogen-bond acceptors (Lipinski definition) is 3. The Kier molecular flexibility index (Phi) is 6.22. The van der Waals surface area contributed by atoms with Crippen LogP contribution in [0.3, 0.4) is 0 Å². The van der Waals surface area contributed by atoms with E-state index in [4.69, 9.17) is 9.72 Å². The summed E-state index contributed by atoms with van der Waals surface area (Å²) in [6.07, 6.45) is 6.06. The molecule has 1 heterocycles. The van der Waals surface area contributed by atoms with E-state index in [9.17, 15) is 4.79 Å². The average molecular weight is 404 g/mol. The number of hydrogen-bond donors (Lipinski definition) is 1. The van der Waals surface area contributed by atoms with Crippen molar-refractivity contribution in [2.45, 2.75) is 64.9 Å². The molecule has 1 N–H and O–H groups in total. The van der Waals surface area contributed by atoms with Crippen LogP contribution in [0.1, 0.15) is 76.4 Å². The van der Waals surface area contributed by atoms with Gasteiger partial charge in [0.05, 0.1) is 9.26 Å². The van der Waals surface area contributed by atoms with E-state index in [-0.39, 0.29) is 17.6 Å². The molecular weight excluding hydrogens is 379 g/mol. The van der Waals surface area contributed by atoms with Crippen molar-refractivity contribution in [1.29, 1.82) is 0 Å². The summed E-state index contributed by atoms with van der Waals surface area (Å²) in [7, 11) is 0. The monoisotopic (exact) mass is 404 g/mol. The highest BCUT2D eigenvalue weighted by atomic mass is 127. The Morgan fingerprint density at radius 1 is 1.33 bits per heavy atom. The number of aromatic amines is 1. The van der Waals surface area contributed by atoms with Crippen LogP contribution in [0.15, 0.2) is 4.79 Å². The van der Waals surface area contributed by atoms with Crippen molar-refractivity contribution in [2.75, 3.05) is 6.61 Å². The molecule has 1 aliphatic carbocycles. The number of rotatable bonds is 5. The first-order valence-corrected chi connectivity index (χ1v) is 9.03. The molecule has 0 aromatic carbocycles. The molecule has 0 aliphatic heterocycles. The van der Waals surface area contributed by atoms with Crippen LogP contribution in [0.5, 0.6) is 0 Å². The number of aromatic nitrogens is 2. The van der Waals surface area contributed by atoms with E-state index in [0.29, 0.717) is 16.1 Å². The summed E-state index contributed by atoms with van der Waals surface area (Å²) in [6.45, 7) is 6.80. The maximum atomic E-state index is 12.2. The van der Waals surface area contributed by atoms with E-state index in [0.717, 1.165) is 24.4 Å². The third-order valence-corrected chi connectivity index (χ3v) is 5.19. The van der Waals surface area contributed by atoms with Gasteiger partial charge in [0.2, 0.25) is 0 Å². The molecule has 1 saturated carbocycles. The summed E-state index contributed by atoms with van der Waals surface area (Å²) >= 11 is 2.09. The lowest BCUT2D eigenvalue weighted by atomic mass is 9.85. The van der Waals surface area contributed by atoms with E-state index in [1.807, 2.05) is 6.92 Å². The number of halogens is 1. The van der Waals surface area contributed by atoms with Crippen molar-refractivity contribution in [3.8, 4) is 0 Å². The Hall–Kier alpha value is -0.430. The molecule has 118 valence electrons. The van der Waals surface area contributed by atoms with Gasteiger partial charge < -0.3 is 9.72 Å². The molecule has 1 atom stereocenters. The van der Waals surface area contributed by atoms with Crippen LogP contribution in [-0.4, -0.2) is 16.6 Å². The smallest absolute Gasteiger partial charge is 0.264 e. The van der Waals surface area contributed by atoms with Crippen LogP contribution < -0.4 is 5.56 Å². The minimum absolute atomic E-state index is 0.0372. The lowest BCUT2D eigenvalue weighted by Crippen LogP contribution is -2.26. The fraction of sp³-hybridized carbons (Fsp3) is 0.750. The zero-order valence-corrected chi connectivity index (χ0v) is 15.3. The molecule has 0 saturated heterocycles. The van der Waals surface area contributed by atoms with Crippen LogP contribution in [0.4, 0.5) is 0 Å². The largest absolute Gasteiger partial charge is 0.370 e. The van der Waals surface area contributed by atoms with Crippen LogP contribution in [0.25, 0.3) is 0 Å². The summed E-state index contributed by atoms with van der Waals surface area (Å²) in [4.78, 5) is 19.9. The Labute approximate surface area is 140 Å². The minimum Gasteiger partial charge on any atom is -0.370 e. The van der Waals surface area contributed by atoms with E-state index < -0.39 is 0 Å². The molecular formula is C16H25IN2O2. The van der Waals surface area contributed by atoms with Gasteiger partial charge in [0.15, 0.2) is 0 Å². The summed E-state index contributed by atoms with van der Waals surface area (Å²) in [5.41, 5.74) is 0.847. The van der Waals surface area contributed by atoms with Crippen LogP contribution in [0, 0.1) is 9.49 Å². The molecule has 2 rings (SSSR count). The van der Waals surface area contributed by atoms with Gasteiger partial charge in [-0.3, -0.25) is 4.79 Å². The van der Waals surface area contributed by atoms with Crippen molar-refractivity contribution in [2.24, 2.45) is 5.92 Å². The Morgan fingerprint density at radius 2 is 2.00 bits per heavy atom. The highest BCUT2D eigenvalue weighted by Gasteiger charge is 2.28. The molecule has 1 unspecified atom stereocenters. The summed E-state index contributed by atoms with van der Waals surface area (Å²) in [6, 6.07) is 0. The van der Waals surface area contributed by atoms with Gasteiger partial charge in [-0.1, -0.05) is 33.1 Å². The minimum atomic E-state index is -0.0718. The third kappa shape index (κ3) is 4.06. The second-order valence-corrected chi connectivity index (χ2v) is 7.16. The molecule has 1 aliphatic rings. The van der Waals surface area contributed by atoms with Crippen molar-refractivity contribution in [3.05, 3.63) is 25.4 Å². The van der Waals surface area contributed by atoms with Crippen LogP contribution >= 0.6 is 22.6 Å². The van der Waals surface area contributed by atoms with Gasteiger partial charge in [-0.25, -0.2) is 4.98 Å². The van der Waals surface area contributed by atoms with E-state index in [1.165, 1.54) is 19.3 Å². The standard InChI is InChI=1S/C16H25IN2O2/c1-4-21-14(11-8-6-5-7-9-11)15-18-13(10(2)3)12(17)16(20)19-15/h10-11,14H,4-9H2,1-3H3,(H,18,19,20). The van der Waals surface area contributed by atoms with Crippen LogP contribution in [0.2, 0.25) is 0 Å². The van der Waals surface area contributed by atoms with Crippen molar-refractivity contribution in [1.82, 2.24) is 9.97 Å². The predicted octanol–water partition coefficient (Wildman–Crippen LogP) is 4.16. The van der Waals surface area contributed by atoms with Gasteiger partial charge in [0.1, 0.15) is 11.9 Å². The predicted molar refractivity (Wildman–Crippen MR) is 92.6 cm³/mol. The first kappa shape index (κ1) is 16.9. The lowest BCUT2D eigenvalue weighted by molar-refractivity contribution is -0.000542. The van der Waals surface area contributed by atoms with Gasteiger partial charge in [-0.2, -0.15) is 0 Å². The fourth-order valence-corrected chi connectivity index (χ4v) is 3.94. The zero-order chi connectivity index (χ0) is 15.4. The van der Waals surface area contributed by atoms with E-state index in [1.54, 1.807) is 0 Å². The maximum absolute atomic E-state index is 12.2. The number of nitrogens with zero attached hydrogens (tertiary/aromatic N) is 1. The second-order valence-electron chi connectivity index (χ2n) is 6.08. The first-order valence-electron chi connectivity index (χ1n) is 7.95. The first-order chi connectivity index (χ1) is 10.0. The molecule has 1 fully saturated rings. The number of nitrogens with one attached hydrogen (secondary N) is 1.